The van der Waals surface area contributed by atoms with Crippen molar-refractivity contribution in [3.63, 3.8) is 0 Å². The van der Waals surface area contributed by atoms with Gasteiger partial charge in [0.2, 0.25) is 0 Å². The first-order chi connectivity index (χ1) is 7.58. The summed E-state index contributed by atoms with van der Waals surface area (Å²) in [6.45, 7) is 14.3. The van der Waals surface area contributed by atoms with Crippen molar-refractivity contribution >= 4 is 0 Å². The second-order valence-electron chi connectivity index (χ2n) is 5.54. The Balaban J connectivity index is 2.17. The maximum Gasteiger partial charge on any atom is 0.0714 e. The summed E-state index contributed by atoms with van der Waals surface area (Å²) in [4.78, 5) is 2.54. The zero-order valence-corrected chi connectivity index (χ0v) is 11.3. The molecule has 96 valence electrons. The Labute approximate surface area is 101 Å². The topological polar surface area (TPSA) is 24.5 Å². The molecule has 3 heteroatoms. The van der Waals surface area contributed by atoms with Crippen LogP contribution in [0.5, 0.6) is 0 Å². The SMILES string of the molecule is CC(C)CN1CCOC(CCNC(C)C)C1. The predicted molar refractivity (Wildman–Crippen MR) is 68.8 cm³/mol. The van der Waals surface area contributed by atoms with Gasteiger partial charge in [0.05, 0.1) is 12.7 Å². The van der Waals surface area contributed by atoms with Crippen LogP contribution in [0.3, 0.4) is 0 Å². The van der Waals surface area contributed by atoms with Gasteiger partial charge in [-0.2, -0.15) is 0 Å². The summed E-state index contributed by atoms with van der Waals surface area (Å²) < 4.78 is 5.79. The summed E-state index contributed by atoms with van der Waals surface area (Å²) in [5.74, 6) is 0.757. The van der Waals surface area contributed by atoms with Crippen molar-refractivity contribution in [1.29, 1.82) is 0 Å². The fourth-order valence-electron chi connectivity index (χ4n) is 2.17. The molecule has 1 heterocycles. The third-order valence-corrected chi connectivity index (χ3v) is 2.87. The van der Waals surface area contributed by atoms with Crippen LogP contribution in [0.1, 0.15) is 34.1 Å². The van der Waals surface area contributed by atoms with Crippen molar-refractivity contribution in [2.45, 2.75) is 46.3 Å². The van der Waals surface area contributed by atoms with Crippen LogP contribution in [0, 0.1) is 5.92 Å². The molecule has 0 bridgehead atoms. The van der Waals surface area contributed by atoms with Crippen LogP contribution in [0.4, 0.5) is 0 Å². The van der Waals surface area contributed by atoms with Crippen LogP contribution in [-0.2, 0) is 4.74 Å². The molecule has 1 fully saturated rings. The summed E-state index contributed by atoms with van der Waals surface area (Å²) >= 11 is 0. The second-order valence-corrected chi connectivity index (χ2v) is 5.54. The zero-order valence-electron chi connectivity index (χ0n) is 11.3. The molecule has 1 unspecified atom stereocenters. The number of nitrogens with zero attached hydrogens (tertiary/aromatic N) is 1. The van der Waals surface area contributed by atoms with E-state index in [4.69, 9.17) is 4.74 Å². The van der Waals surface area contributed by atoms with Crippen LogP contribution in [0.15, 0.2) is 0 Å². The van der Waals surface area contributed by atoms with Crippen molar-refractivity contribution in [2.75, 3.05) is 32.8 Å². The second kappa shape index (κ2) is 7.25. The largest absolute Gasteiger partial charge is 0.376 e. The third-order valence-electron chi connectivity index (χ3n) is 2.87. The van der Waals surface area contributed by atoms with Crippen molar-refractivity contribution in [3.05, 3.63) is 0 Å². The Morgan fingerprint density at radius 2 is 2.06 bits per heavy atom. The average molecular weight is 228 g/mol. The van der Waals surface area contributed by atoms with Gasteiger partial charge < -0.3 is 10.1 Å². The quantitative estimate of drug-likeness (QED) is 0.749. The van der Waals surface area contributed by atoms with Crippen LogP contribution >= 0.6 is 0 Å². The van der Waals surface area contributed by atoms with Gasteiger partial charge in [-0.15, -0.1) is 0 Å². The molecular formula is C13H28N2O. The van der Waals surface area contributed by atoms with Gasteiger partial charge >= 0.3 is 0 Å². The molecule has 0 spiro atoms. The predicted octanol–water partition coefficient (Wildman–Crippen LogP) is 1.73. The fraction of sp³-hybridized carbons (Fsp3) is 1.00. The van der Waals surface area contributed by atoms with E-state index in [9.17, 15) is 0 Å². The smallest absolute Gasteiger partial charge is 0.0714 e. The summed E-state index contributed by atoms with van der Waals surface area (Å²) in [7, 11) is 0. The van der Waals surface area contributed by atoms with Crippen molar-refractivity contribution in [1.82, 2.24) is 10.2 Å². The molecule has 1 aliphatic heterocycles. The number of nitrogens with one attached hydrogen (secondary N) is 1. The molecule has 0 aromatic rings. The third kappa shape index (κ3) is 5.83. The standard InChI is InChI=1S/C13H28N2O/c1-11(2)9-15-7-8-16-13(10-15)5-6-14-12(3)4/h11-14H,5-10H2,1-4H3. The lowest BCUT2D eigenvalue weighted by molar-refractivity contribution is -0.0348. The van der Waals surface area contributed by atoms with Crippen LogP contribution < -0.4 is 5.32 Å². The number of hydrogen-bond acceptors (Lipinski definition) is 3. The first-order valence-electron chi connectivity index (χ1n) is 6.65. The maximum absolute atomic E-state index is 5.79. The van der Waals surface area contributed by atoms with Gasteiger partial charge in [-0.1, -0.05) is 27.7 Å². The van der Waals surface area contributed by atoms with Gasteiger partial charge in [-0.05, 0) is 18.9 Å². The minimum atomic E-state index is 0.429. The van der Waals surface area contributed by atoms with Crippen molar-refractivity contribution < 1.29 is 4.74 Å². The van der Waals surface area contributed by atoms with Gasteiger partial charge in [-0.3, -0.25) is 4.90 Å². The summed E-state index contributed by atoms with van der Waals surface area (Å²) in [6, 6.07) is 0.579. The van der Waals surface area contributed by atoms with E-state index < -0.39 is 0 Å². The van der Waals surface area contributed by atoms with E-state index >= 15 is 0 Å². The first-order valence-corrected chi connectivity index (χ1v) is 6.65. The molecule has 3 nitrogen and oxygen atoms in total. The van der Waals surface area contributed by atoms with Gasteiger partial charge in [0.1, 0.15) is 0 Å². The number of ether oxygens (including phenoxy) is 1. The highest BCUT2D eigenvalue weighted by molar-refractivity contribution is 4.73. The van der Waals surface area contributed by atoms with E-state index in [0.717, 1.165) is 38.6 Å². The Hall–Kier alpha value is -0.120. The van der Waals surface area contributed by atoms with Crippen molar-refractivity contribution in [2.24, 2.45) is 5.92 Å². The Bertz CT molecular complexity index is 183. The molecule has 1 aliphatic rings. The average Bonchev–Trinajstić information content (AvgIpc) is 2.16. The molecule has 1 saturated heterocycles. The molecule has 0 saturated carbocycles. The number of morpholine rings is 1. The van der Waals surface area contributed by atoms with E-state index in [2.05, 4.69) is 37.9 Å². The molecular weight excluding hydrogens is 200 g/mol. The van der Waals surface area contributed by atoms with Gasteiger partial charge in [0, 0.05) is 25.7 Å². The van der Waals surface area contributed by atoms with E-state index in [1.807, 2.05) is 0 Å². The normalized spacial score (nSPS) is 23.2. The highest BCUT2D eigenvalue weighted by atomic mass is 16.5. The molecule has 0 aliphatic carbocycles. The highest BCUT2D eigenvalue weighted by Crippen LogP contribution is 2.10. The molecule has 0 amide bonds. The van der Waals surface area contributed by atoms with Gasteiger partial charge in [0.15, 0.2) is 0 Å². The van der Waals surface area contributed by atoms with Crippen molar-refractivity contribution in [3.8, 4) is 0 Å². The molecule has 0 aromatic heterocycles. The highest BCUT2D eigenvalue weighted by Gasteiger charge is 2.20. The van der Waals surface area contributed by atoms with E-state index in [-0.39, 0.29) is 0 Å². The molecule has 1 atom stereocenters. The van der Waals surface area contributed by atoms with Gasteiger partial charge in [0.25, 0.3) is 0 Å². The van der Waals surface area contributed by atoms with Crippen LogP contribution in [0.2, 0.25) is 0 Å². The summed E-state index contributed by atoms with van der Waals surface area (Å²) in [5.41, 5.74) is 0. The zero-order chi connectivity index (χ0) is 12.0. The monoisotopic (exact) mass is 228 g/mol. The van der Waals surface area contributed by atoms with Crippen LogP contribution in [-0.4, -0.2) is 49.8 Å². The molecule has 16 heavy (non-hydrogen) atoms. The minimum absolute atomic E-state index is 0.429. The maximum atomic E-state index is 5.79. The summed E-state index contributed by atoms with van der Waals surface area (Å²) in [6.07, 6.45) is 1.56. The van der Waals surface area contributed by atoms with E-state index in [1.54, 1.807) is 0 Å². The number of hydrogen-bond donors (Lipinski definition) is 1. The van der Waals surface area contributed by atoms with E-state index in [1.165, 1.54) is 6.54 Å². The lowest BCUT2D eigenvalue weighted by Gasteiger charge is -2.34. The number of rotatable bonds is 6. The molecule has 0 radical (unpaired) electrons. The Morgan fingerprint density at radius 1 is 1.31 bits per heavy atom. The Morgan fingerprint density at radius 3 is 2.69 bits per heavy atom. The molecule has 1 rings (SSSR count). The fourth-order valence-corrected chi connectivity index (χ4v) is 2.17. The lowest BCUT2D eigenvalue weighted by atomic mass is 10.1. The Kier molecular flexibility index (Phi) is 6.32. The first kappa shape index (κ1) is 13.9. The lowest BCUT2D eigenvalue weighted by Crippen LogP contribution is -2.45. The van der Waals surface area contributed by atoms with E-state index in [0.29, 0.717) is 12.1 Å². The van der Waals surface area contributed by atoms with Gasteiger partial charge in [-0.25, -0.2) is 0 Å². The molecule has 1 N–H and O–H groups in total. The minimum Gasteiger partial charge on any atom is -0.376 e. The summed E-state index contributed by atoms with van der Waals surface area (Å²) in [5, 5.41) is 3.45. The van der Waals surface area contributed by atoms with Crippen LogP contribution in [0.25, 0.3) is 0 Å². The molecule has 0 aromatic carbocycles.